The first-order chi connectivity index (χ1) is 14.6. The molecule has 4 rings (SSSR count). The summed E-state index contributed by atoms with van der Waals surface area (Å²) in [6.07, 6.45) is 0. The Morgan fingerprint density at radius 3 is 2.47 bits per heavy atom. The van der Waals surface area contributed by atoms with Crippen LogP contribution < -0.4 is 0 Å². The Balaban J connectivity index is 1.29. The predicted molar refractivity (Wildman–Crippen MR) is 120 cm³/mol. The van der Waals surface area contributed by atoms with Crippen LogP contribution in [0.2, 0.25) is 0 Å². The van der Waals surface area contributed by atoms with E-state index in [2.05, 4.69) is 51.3 Å². The number of H-pyrrole nitrogens is 1. The van der Waals surface area contributed by atoms with E-state index in [1.165, 1.54) is 22.9 Å². The molecule has 0 aliphatic carbocycles. The number of amides is 1. The lowest BCUT2D eigenvalue weighted by Crippen LogP contribution is -2.50. The second kappa shape index (κ2) is 9.45. The number of carbonyl (C=O) groups is 1. The molecule has 1 N–H and O–H groups in total. The first-order valence-electron chi connectivity index (χ1n) is 10.3. The molecule has 1 fully saturated rings. The second-order valence-corrected chi connectivity index (χ2v) is 8.99. The second-order valence-electron chi connectivity index (χ2n) is 7.68. The number of rotatable bonds is 6. The largest absolute Gasteiger partial charge is 0.339 e. The fraction of sp³-hybridized carbons (Fsp3) is 0.348. The van der Waals surface area contributed by atoms with Gasteiger partial charge in [-0.1, -0.05) is 71.9 Å². The molecular weight excluding hydrogens is 394 g/mol. The zero-order chi connectivity index (χ0) is 20.9. The Labute approximate surface area is 181 Å². The molecule has 1 aliphatic rings. The first kappa shape index (κ1) is 20.6. The number of carbonyl (C=O) groups excluding carboxylic acids is 1. The van der Waals surface area contributed by atoms with Crippen LogP contribution in [-0.2, 0) is 11.3 Å². The maximum atomic E-state index is 12.9. The molecule has 1 amide bonds. The highest BCUT2D eigenvalue weighted by Crippen LogP contribution is 2.24. The van der Waals surface area contributed by atoms with Crippen molar-refractivity contribution in [1.29, 1.82) is 0 Å². The third kappa shape index (κ3) is 5.09. The summed E-state index contributed by atoms with van der Waals surface area (Å²) in [7, 11) is 0. The number of nitrogens with one attached hydrogen (secondary N) is 1. The number of benzene rings is 2. The predicted octanol–water partition coefficient (Wildman–Crippen LogP) is 3.61. The SMILES string of the molecule is Cc1ccc(-c2nc(S[C@@H](C)C(=O)N3CCN(Cc4ccccc4)CC3)n[nH]2)cc1. The van der Waals surface area contributed by atoms with Crippen molar-refractivity contribution in [2.24, 2.45) is 0 Å². The van der Waals surface area contributed by atoms with Crippen molar-refractivity contribution in [3.05, 3.63) is 65.7 Å². The lowest BCUT2D eigenvalue weighted by Gasteiger charge is -2.35. The van der Waals surface area contributed by atoms with Gasteiger partial charge < -0.3 is 4.90 Å². The van der Waals surface area contributed by atoms with Gasteiger partial charge in [0.1, 0.15) is 0 Å². The number of nitrogens with zero attached hydrogens (tertiary/aromatic N) is 4. The van der Waals surface area contributed by atoms with Gasteiger partial charge in [-0.3, -0.25) is 14.8 Å². The molecule has 0 unspecified atom stereocenters. The Morgan fingerprint density at radius 1 is 1.07 bits per heavy atom. The summed E-state index contributed by atoms with van der Waals surface area (Å²) >= 11 is 1.41. The minimum atomic E-state index is -0.215. The van der Waals surface area contributed by atoms with Crippen molar-refractivity contribution in [3.8, 4) is 11.4 Å². The van der Waals surface area contributed by atoms with Crippen LogP contribution in [0.5, 0.6) is 0 Å². The molecule has 7 heteroatoms. The first-order valence-corrected chi connectivity index (χ1v) is 11.2. The van der Waals surface area contributed by atoms with Gasteiger partial charge in [0.25, 0.3) is 0 Å². The van der Waals surface area contributed by atoms with Crippen molar-refractivity contribution in [3.63, 3.8) is 0 Å². The number of hydrogen-bond donors (Lipinski definition) is 1. The summed E-state index contributed by atoms with van der Waals surface area (Å²) in [5.74, 6) is 0.882. The van der Waals surface area contributed by atoms with E-state index in [9.17, 15) is 4.79 Å². The van der Waals surface area contributed by atoms with Gasteiger partial charge in [-0.15, -0.1) is 5.10 Å². The molecule has 1 aliphatic heterocycles. The Bertz CT molecular complexity index is 965. The monoisotopic (exact) mass is 421 g/mol. The molecule has 0 spiro atoms. The smallest absolute Gasteiger partial charge is 0.235 e. The zero-order valence-electron chi connectivity index (χ0n) is 17.4. The van der Waals surface area contributed by atoms with Crippen molar-refractivity contribution in [1.82, 2.24) is 25.0 Å². The maximum absolute atomic E-state index is 12.9. The number of aromatic nitrogens is 3. The average Bonchev–Trinajstić information content (AvgIpc) is 3.23. The summed E-state index contributed by atoms with van der Waals surface area (Å²) in [4.78, 5) is 21.8. The molecule has 1 saturated heterocycles. The van der Waals surface area contributed by atoms with Crippen LogP contribution in [0.3, 0.4) is 0 Å². The van der Waals surface area contributed by atoms with E-state index in [4.69, 9.17) is 0 Å². The fourth-order valence-corrected chi connectivity index (χ4v) is 4.38. The van der Waals surface area contributed by atoms with E-state index in [-0.39, 0.29) is 11.2 Å². The molecule has 3 aromatic rings. The topological polar surface area (TPSA) is 65.1 Å². The van der Waals surface area contributed by atoms with Crippen molar-refractivity contribution in [2.75, 3.05) is 26.2 Å². The molecular formula is C23H27N5OS. The number of thioether (sulfide) groups is 1. The molecule has 1 aromatic heterocycles. The molecule has 6 nitrogen and oxygen atoms in total. The Kier molecular flexibility index (Phi) is 6.50. The highest BCUT2D eigenvalue weighted by molar-refractivity contribution is 8.00. The molecule has 156 valence electrons. The van der Waals surface area contributed by atoms with Gasteiger partial charge in [-0.05, 0) is 19.4 Å². The Morgan fingerprint density at radius 2 is 1.77 bits per heavy atom. The van der Waals surface area contributed by atoms with E-state index in [1.54, 1.807) is 0 Å². The minimum Gasteiger partial charge on any atom is -0.339 e. The van der Waals surface area contributed by atoms with E-state index >= 15 is 0 Å². The van der Waals surface area contributed by atoms with E-state index in [0.717, 1.165) is 44.1 Å². The highest BCUT2D eigenvalue weighted by atomic mass is 32.2. The normalized spacial score (nSPS) is 15.9. The van der Waals surface area contributed by atoms with Crippen LogP contribution in [0, 0.1) is 6.92 Å². The fourth-order valence-electron chi connectivity index (χ4n) is 3.57. The molecule has 0 bridgehead atoms. The molecule has 2 heterocycles. The van der Waals surface area contributed by atoms with Crippen molar-refractivity contribution < 1.29 is 4.79 Å². The molecule has 1 atom stereocenters. The zero-order valence-corrected chi connectivity index (χ0v) is 18.2. The lowest BCUT2D eigenvalue weighted by atomic mass is 10.1. The van der Waals surface area contributed by atoms with Crippen LogP contribution in [0.15, 0.2) is 59.8 Å². The van der Waals surface area contributed by atoms with Crippen LogP contribution >= 0.6 is 11.8 Å². The van der Waals surface area contributed by atoms with Crippen molar-refractivity contribution in [2.45, 2.75) is 30.8 Å². The summed E-state index contributed by atoms with van der Waals surface area (Å²) in [6, 6.07) is 18.6. The van der Waals surface area contributed by atoms with E-state index < -0.39 is 0 Å². The third-order valence-electron chi connectivity index (χ3n) is 5.35. The third-order valence-corrected chi connectivity index (χ3v) is 6.30. The number of aryl methyl sites for hydroxylation is 1. The number of piperazine rings is 1. The summed E-state index contributed by atoms with van der Waals surface area (Å²) in [6.45, 7) is 8.25. The van der Waals surface area contributed by atoms with E-state index in [1.807, 2.05) is 42.2 Å². The van der Waals surface area contributed by atoms with Crippen LogP contribution in [0.4, 0.5) is 0 Å². The Hall–Kier alpha value is -2.64. The lowest BCUT2D eigenvalue weighted by molar-refractivity contribution is -0.132. The maximum Gasteiger partial charge on any atom is 0.235 e. The molecule has 30 heavy (non-hydrogen) atoms. The van der Waals surface area contributed by atoms with Gasteiger partial charge in [-0.2, -0.15) is 0 Å². The summed E-state index contributed by atoms with van der Waals surface area (Å²) in [5, 5.41) is 7.66. The van der Waals surface area contributed by atoms with Crippen molar-refractivity contribution >= 4 is 17.7 Å². The quantitative estimate of drug-likeness (QED) is 0.616. The summed E-state index contributed by atoms with van der Waals surface area (Å²) < 4.78 is 0. The standard InChI is InChI=1S/C23H27N5OS/c1-17-8-10-20(11-9-17)21-24-23(26-25-21)30-18(2)22(29)28-14-12-27(13-15-28)16-19-6-4-3-5-7-19/h3-11,18H,12-16H2,1-2H3,(H,24,25,26)/t18-/m0/s1. The van der Waals surface area contributed by atoms with E-state index in [0.29, 0.717) is 5.16 Å². The average molecular weight is 422 g/mol. The van der Waals surface area contributed by atoms with Gasteiger partial charge in [0.2, 0.25) is 11.1 Å². The molecule has 0 saturated carbocycles. The van der Waals surface area contributed by atoms with Gasteiger partial charge in [-0.25, -0.2) is 4.98 Å². The van der Waals surface area contributed by atoms with Crippen LogP contribution in [0.25, 0.3) is 11.4 Å². The van der Waals surface area contributed by atoms with Gasteiger partial charge in [0.15, 0.2) is 5.82 Å². The van der Waals surface area contributed by atoms with Gasteiger partial charge >= 0.3 is 0 Å². The minimum absolute atomic E-state index is 0.154. The number of hydrogen-bond acceptors (Lipinski definition) is 5. The summed E-state index contributed by atoms with van der Waals surface area (Å²) in [5.41, 5.74) is 3.51. The van der Waals surface area contributed by atoms with Gasteiger partial charge in [0, 0.05) is 38.3 Å². The molecule has 0 radical (unpaired) electrons. The number of aromatic amines is 1. The highest BCUT2D eigenvalue weighted by Gasteiger charge is 2.26. The van der Waals surface area contributed by atoms with Crippen LogP contribution in [0.1, 0.15) is 18.1 Å². The molecule has 2 aromatic carbocycles. The van der Waals surface area contributed by atoms with Gasteiger partial charge in [0.05, 0.1) is 5.25 Å². The van der Waals surface area contributed by atoms with Crippen LogP contribution in [-0.4, -0.2) is 62.3 Å².